The highest BCUT2D eigenvalue weighted by atomic mass is 28.4. The molecule has 52 heavy (non-hydrogen) atoms. The van der Waals surface area contributed by atoms with E-state index in [1.165, 1.54) is 0 Å². The molecule has 7 nitrogen and oxygen atoms in total. The molecule has 0 aromatic heterocycles. The molecule has 0 unspecified atom stereocenters. The van der Waals surface area contributed by atoms with Crippen molar-refractivity contribution < 1.29 is 32.6 Å². The third-order valence-electron chi connectivity index (χ3n) is 13.2. The fourth-order valence-electron chi connectivity index (χ4n) is 10.8. The predicted molar refractivity (Wildman–Crippen MR) is 222 cm³/mol. The van der Waals surface area contributed by atoms with E-state index in [0.29, 0.717) is 45.1 Å². The maximum atomic E-state index is 12.4. The lowest BCUT2D eigenvalue weighted by Crippen LogP contribution is -2.54. The van der Waals surface area contributed by atoms with Gasteiger partial charge in [-0.3, -0.25) is 0 Å². The molecule has 0 spiro atoms. The minimum Gasteiger partial charge on any atom is -0.411 e. The predicted octanol–water partition coefficient (Wildman–Crippen LogP) is 11.7. The van der Waals surface area contributed by atoms with Gasteiger partial charge in [-0.05, 0) is 97.1 Å². The fourth-order valence-corrected chi connectivity index (χ4v) is 22.0. The Bertz CT molecular complexity index is 1060. The van der Waals surface area contributed by atoms with Crippen molar-refractivity contribution in [2.45, 2.75) is 225 Å². The molecular weight excluding hydrogens is 685 g/mol. The summed E-state index contributed by atoms with van der Waals surface area (Å²) in [7, 11) is -0.808. The van der Waals surface area contributed by atoms with Gasteiger partial charge in [0.1, 0.15) is 6.10 Å². The average Bonchev–Trinajstić information content (AvgIpc) is 3.03. The van der Waals surface area contributed by atoms with Gasteiger partial charge in [-0.1, -0.05) is 103 Å². The van der Waals surface area contributed by atoms with Crippen LogP contribution in [-0.2, 0) is 32.6 Å². The zero-order chi connectivity index (χ0) is 39.9. The van der Waals surface area contributed by atoms with E-state index in [2.05, 4.69) is 110 Å². The number of methoxy groups -OCH3 is 2. The summed E-state index contributed by atoms with van der Waals surface area (Å²) in [5.74, 6) is 0.344. The smallest absolute Gasteiger partial charge is 0.201 e. The molecule has 1 aliphatic heterocycles. The van der Waals surface area contributed by atoms with Crippen molar-refractivity contribution in [1.29, 1.82) is 0 Å². The molecule has 0 radical (unpaired) electrons. The van der Waals surface area contributed by atoms with E-state index >= 15 is 0 Å². The molecule has 1 aliphatic carbocycles. The van der Waals surface area contributed by atoms with Crippen LogP contribution >= 0.6 is 0 Å². The van der Waals surface area contributed by atoms with Gasteiger partial charge in [0.25, 0.3) is 0 Å². The third-order valence-corrected chi connectivity index (χ3v) is 25.4. The minimum absolute atomic E-state index is 0.0247. The molecule has 0 bridgehead atoms. The van der Waals surface area contributed by atoms with E-state index in [1.807, 2.05) is 21.0 Å². The van der Waals surface area contributed by atoms with Gasteiger partial charge in [0.15, 0.2) is 12.1 Å². The zero-order valence-corrected chi connectivity index (χ0v) is 39.2. The lowest BCUT2D eigenvalue weighted by Gasteiger charge is -2.48. The molecule has 2 aliphatic rings. The number of hydrogen-bond donors (Lipinski definition) is 0. The number of rotatable bonds is 20. The molecule has 2 rings (SSSR count). The first kappa shape index (κ1) is 47.8. The first-order chi connectivity index (χ1) is 24.0. The molecule has 1 saturated carbocycles. The summed E-state index contributed by atoms with van der Waals surface area (Å²) in [6.07, 6.45) is 7.61. The van der Waals surface area contributed by atoms with Crippen molar-refractivity contribution >= 4 is 22.9 Å². The second-order valence-electron chi connectivity index (χ2n) is 19.1. The fraction of sp³-hybridized carbons (Fsp3) is 0.930. The molecule has 9 atom stereocenters. The molecule has 0 N–H and O–H groups in total. The molecule has 9 heteroatoms. The van der Waals surface area contributed by atoms with E-state index in [1.54, 1.807) is 7.11 Å². The number of carbonyl (C=O) groups excluding carboxylic acids is 1. The van der Waals surface area contributed by atoms with Gasteiger partial charge < -0.3 is 32.6 Å². The second-order valence-corrected chi connectivity index (χ2v) is 29.9. The highest BCUT2D eigenvalue weighted by Gasteiger charge is 2.50. The van der Waals surface area contributed by atoms with Crippen LogP contribution < -0.4 is 0 Å². The van der Waals surface area contributed by atoms with E-state index in [0.717, 1.165) is 44.0 Å². The van der Waals surface area contributed by atoms with Crippen LogP contribution in [0.3, 0.4) is 0 Å². The summed E-state index contributed by atoms with van der Waals surface area (Å²) < 4.78 is 39.7. The average molecular weight is 769 g/mol. The van der Waals surface area contributed by atoms with Crippen LogP contribution in [0.1, 0.15) is 150 Å². The first-order valence-electron chi connectivity index (χ1n) is 20.9. The number of ether oxygens (including phenoxy) is 4. The number of hydrogen-bond acceptors (Lipinski definition) is 7. The van der Waals surface area contributed by atoms with Gasteiger partial charge in [0.05, 0.1) is 30.5 Å². The second kappa shape index (κ2) is 20.2. The molecule has 306 valence electrons. The van der Waals surface area contributed by atoms with Crippen LogP contribution in [0.4, 0.5) is 0 Å². The normalized spacial score (nSPS) is 27.6. The molecule has 2 fully saturated rings. The summed E-state index contributed by atoms with van der Waals surface area (Å²) in [4.78, 5) is 12.4. The van der Waals surface area contributed by atoms with Crippen LogP contribution in [-0.4, -0.2) is 79.6 Å². The highest BCUT2D eigenvalue weighted by Crippen LogP contribution is 2.47. The Morgan fingerprint density at radius 2 is 1.23 bits per heavy atom. The zero-order valence-electron chi connectivity index (χ0n) is 37.2. The van der Waals surface area contributed by atoms with Crippen molar-refractivity contribution in [2.75, 3.05) is 14.2 Å². The van der Waals surface area contributed by atoms with E-state index in [-0.39, 0.29) is 30.3 Å². The summed E-state index contributed by atoms with van der Waals surface area (Å²) >= 11 is 0. The van der Waals surface area contributed by atoms with E-state index in [9.17, 15) is 4.79 Å². The minimum atomic E-state index is -2.30. The van der Waals surface area contributed by atoms with Crippen LogP contribution in [0.15, 0.2) is 11.6 Å². The van der Waals surface area contributed by atoms with Crippen LogP contribution in [0, 0.1) is 17.8 Å². The third kappa shape index (κ3) is 11.1. The summed E-state index contributed by atoms with van der Waals surface area (Å²) in [6, 6.07) is 0. The first-order valence-corrected chi connectivity index (χ1v) is 25.2. The van der Waals surface area contributed by atoms with Gasteiger partial charge in [-0.2, -0.15) is 0 Å². The Morgan fingerprint density at radius 3 is 1.67 bits per heavy atom. The molecule has 1 heterocycles. The summed E-state index contributed by atoms with van der Waals surface area (Å²) in [5.41, 5.74) is 3.89. The van der Waals surface area contributed by atoms with Crippen molar-refractivity contribution in [1.82, 2.24) is 0 Å². The number of aldehydes is 1. The van der Waals surface area contributed by atoms with Crippen molar-refractivity contribution in [3.8, 4) is 0 Å². The van der Waals surface area contributed by atoms with Crippen molar-refractivity contribution in [3.05, 3.63) is 11.6 Å². The molecular formula is C43H84O7Si2. The quantitative estimate of drug-likeness (QED) is 0.0694. The van der Waals surface area contributed by atoms with Gasteiger partial charge in [-0.25, -0.2) is 0 Å². The van der Waals surface area contributed by atoms with Crippen LogP contribution in [0.2, 0.25) is 33.2 Å². The highest BCUT2D eigenvalue weighted by molar-refractivity contribution is 6.78. The topological polar surface area (TPSA) is 72.5 Å². The molecule has 1 saturated heterocycles. The van der Waals surface area contributed by atoms with Crippen molar-refractivity contribution in [2.24, 2.45) is 17.8 Å². The summed E-state index contributed by atoms with van der Waals surface area (Å²) in [6.45, 7) is 38.7. The van der Waals surface area contributed by atoms with Gasteiger partial charge in [0.2, 0.25) is 16.6 Å². The summed E-state index contributed by atoms with van der Waals surface area (Å²) in [5, 5.41) is 0. The Balaban J connectivity index is 2.26. The Hall–Kier alpha value is -0.396. The van der Waals surface area contributed by atoms with E-state index < -0.39 is 34.6 Å². The van der Waals surface area contributed by atoms with Gasteiger partial charge in [0, 0.05) is 26.6 Å². The van der Waals surface area contributed by atoms with E-state index in [4.69, 9.17) is 27.8 Å². The van der Waals surface area contributed by atoms with Gasteiger partial charge in [-0.15, -0.1) is 0 Å². The lowest BCUT2D eigenvalue weighted by molar-refractivity contribution is -0.313. The maximum Gasteiger partial charge on any atom is 0.201 e. The lowest BCUT2D eigenvalue weighted by atomic mass is 9.78. The molecule has 0 amide bonds. The van der Waals surface area contributed by atoms with Crippen LogP contribution in [0.25, 0.3) is 0 Å². The molecule has 0 aromatic carbocycles. The van der Waals surface area contributed by atoms with Gasteiger partial charge >= 0.3 is 0 Å². The monoisotopic (exact) mass is 769 g/mol. The van der Waals surface area contributed by atoms with Crippen LogP contribution in [0.5, 0.6) is 0 Å². The largest absolute Gasteiger partial charge is 0.411 e. The Kier molecular flexibility index (Phi) is 18.5. The SMILES string of the molecule is CO[C@@H](C=O)[C@H](O[Si](C(C)C)(C(C)C)C(C)C)/C(C)=C/[C@@H](C)[C@H]1C[C@@H]([C@H](C)C[C@@H]2CC[C@@H](O[Si](C(C)C)(C(C)C)C(C)C)[C@H](OC)C2)OC(C)(C)O1. The molecule has 0 aromatic rings. The standard InChI is InChI=1S/C43H84O7Si2/c1-27(2)51(28(3)4,29(5)6)49-37-21-20-36(24-40(37)45-18)23-34(14)39-25-38(47-43(16,17)48-39)33(13)22-35(15)42(41(26-44)46-19)50-52(30(7)8,31(9)10)32(11)12/h22,26-34,36-42H,20-21,23-25H2,1-19H3/b35-22+/t33-,34-,36+,37-,38-,39+,40-,41+,42-/m1/s1. The maximum absolute atomic E-state index is 12.4. The Morgan fingerprint density at radius 1 is 0.731 bits per heavy atom. The van der Waals surface area contributed by atoms with Crippen molar-refractivity contribution in [3.63, 3.8) is 0 Å². The Labute approximate surface area is 323 Å². The number of carbonyl (C=O) groups is 1.